The lowest BCUT2D eigenvalue weighted by Crippen LogP contribution is -2.24. The fraction of sp³-hybridized carbons (Fsp3) is 0.0455. The molecule has 0 unspecified atom stereocenters. The van der Waals surface area contributed by atoms with Crippen LogP contribution in [0.5, 0.6) is 0 Å². The van der Waals surface area contributed by atoms with Crippen molar-refractivity contribution in [1.82, 2.24) is 0 Å². The molecule has 0 heterocycles. The Kier molecular flexibility index (Phi) is 5.29. The van der Waals surface area contributed by atoms with Crippen molar-refractivity contribution in [3.8, 4) is 0 Å². The molecular formula is C22H18OS. The summed E-state index contributed by atoms with van der Waals surface area (Å²) in [5.74, 6) is 0. The van der Waals surface area contributed by atoms with Crippen LogP contribution in [0.2, 0.25) is 0 Å². The maximum Gasteiger partial charge on any atom is 0.143 e. The Morgan fingerprint density at radius 1 is 0.625 bits per heavy atom. The van der Waals surface area contributed by atoms with Gasteiger partial charge in [-0.15, -0.1) is 11.8 Å². The molecule has 0 radical (unpaired) electrons. The van der Waals surface area contributed by atoms with E-state index in [4.69, 9.17) is 0 Å². The number of hydrogen-bond donors (Lipinski definition) is 0. The van der Waals surface area contributed by atoms with Crippen LogP contribution >= 0.6 is 11.8 Å². The molecule has 0 aromatic heterocycles. The fourth-order valence-corrected chi connectivity index (χ4v) is 4.06. The molecule has 24 heavy (non-hydrogen) atoms. The smallest absolute Gasteiger partial charge is 0.143 e. The normalized spacial score (nSPS) is 11.5. The highest BCUT2D eigenvalue weighted by atomic mass is 32.2. The summed E-state index contributed by atoms with van der Waals surface area (Å²) < 4.78 is -0.400. The highest BCUT2D eigenvalue weighted by molar-refractivity contribution is 8.03. The zero-order valence-corrected chi connectivity index (χ0v) is 14.0. The minimum Gasteiger partial charge on any atom is -0.299 e. The first-order chi connectivity index (χ1) is 11.9. The molecule has 0 aliphatic rings. The average molecular weight is 330 g/mol. The zero-order chi connectivity index (χ0) is 16.7. The molecule has 0 bridgehead atoms. The topological polar surface area (TPSA) is 17.1 Å². The molecule has 0 fully saturated rings. The van der Waals surface area contributed by atoms with E-state index < -0.39 is 4.75 Å². The van der Waals surface area contributed by atoms with Crippen molar-refractivity contribution >= 4 is 18.0 Å². The molecule has 0 spiro atoms. The lowest BCUT2D eigenvalue weighted by molar-refractivity contribution is -0.104. The van der Waals surface area contributed by atoms with E-state index >= 15 is 0 Å². The molecule has 0 amide bonds. The number of carbonyl (C=O) groups excluding carboxylic acids is 1. The Morgan fingerprint density at radius 3 is 1.33 bits per heavy atom. The van der Waals surface area contributed by atoms with E-state index in [0.29, 0.717) is 0 Å². The minimum absolute atomic E-state index is 0.400. The maximum atomic E-state index is 10.8. The Labute approximate surface area is 147 Å². The summed E-state index contributed by atoms with van der Waals surface area (Å²) in [4.78, 5) is 10.8. The molecular weight excluding hydrogens is 312 g/mol. The summed E-state index contributed by atoms with van der Waals surface area (Å²) in [5.41, 5.74) is 3.55. The van der Waals surface area contributed by atoms with Crippen molar-refractivity contribution in [3.05, 3.63) is 119 Å². The monoisotopic (exact) mass is 330 g/mol. The van der Waals surface area contributed by atoms with Crippen LogP contribution in [0.3, 0.4) is 0 Å². The van der Waals surface area contributed by atoms with Crippen LogP contribution in [0.15, 0.2) is 102 Å². The van der Waals surface area contributed by atoms with Gasteiger partial charge >= 0.3 is 0 Å². The van der Waals surface area contributed by atoms with Crippen molar-refractivity contribution in [1.29, 1.82) is 0 Å². The first-order valence-electron chi connectivity index (χ1n) is 7.82. The summed E-state index contributed by atoms with van der Waals surface area (Å²) in [6, 6.07) is 31.2. The number of benzene rings is 3. The predicted octanol–water partition coefficient (Wildman–Crippen LogP) is 5.42. The SMILES string of the molecule is O=C/C=C\SC(c1ccccc1)(c1ccccc1)c1ccccc1. The molecule has 3 rings (SSSR count). The van der Waals surface area contributed by atoms with Crippen molar-refractivity contribution in [2.45, 2.75) is 4.75 Å². The Balaban J connectivity index is 2.28. The van der Waals surface area contributed by atoms with E-state index in [1.165, 1.54) is 16.7 Å². The largest absolute Gasteiger partial charge is 0.299 e. The highest BCUT2D eigenvalue weighted by Gasteiger charge is 2.36. The van der Waals surface area contributed by atoms with Crippen LogP contribution in [0.4, 0.5) is 0 Å². The summed E-state index contributed by atoms with van der Waals surface area (Å²) in [5, 5.41) is 1.88. The van der Waals surface area contributed by atoms with Gasteiger partial charge in [0, 0.05) is 0 Å². The molecule has 1 nitrogen and oxygen atoms in total. The summed E-state index contributed by atoms with van der Waals surface area (Å²) >= 11 is 1.64. The average Bonchev–Trinajstić information content (AvgIpc) is 2.68. The number of allylic oxidation sites excluding steroid dienone is 1. The Morgan fingerprint density at radius 2 is 1.00 bits per heavy atom. The molecule has 0 saturated heterocycles. The van der Waals surface area contributed by atoms with Crippen LogP contribution in [0, 0.1) is 0 Å². The minimum atomic E-state index is -0.400. The van der Waals surface area contributed by atoms with Crippen LogP contribution in [-0.4, -0.2) is 6.29 Å². The number of thioether (sulfide) groups is 1. The lowest BCUT2D eigenvalue weighted by atomic mass is 9.84. The van der Waals surface area contributed by atoms with Gasteiger partial charge in [-0.05, 0) is 28.2 Å². The molecule has 0 N–H and O–H groups in total. The quantitative estimate of drug-likeness (QED) is 0.341. The third kappa shape index (κ3) is 3.19. The molecule has 3 aromatic carbocycles. The molecule has 118 valence electrons. The zero-order valence-electron chi connectivity index (χ0n) is 13.2. The third-order valence-corrected chi connectivity index (χ3v) is 5.30. The van der Waals surface area contributed by atoms with Crippen molar-refractivity contribution in [3.63, 3.8) is 0 Å². The van der Waals surface area contributed by atoms with Gasteiger partial charge in [-0.3, -0.25) is 4.79 Å². The van der Waals surface area contributed by atoms with E-state index in [2.05, 4.69) is 72.8 Å². The molecule has 3 aromatic rings. The first-order valence-corrected chi connectivity index (χ1v) is 8.70. The van der Waals surface area contributed by atoms with Gasteiger partial charge in [0.2, 0.25) is 0 Å². The van der Waals surface area contributed by atoms with Crippen LogP contribution in [-0.2, 0) is 9.54 Å². The van der Waals surface area contributed by atoms with E-state index in [-0.39, 0.29) is 0 Å². The van der Waals surface area contributed by atoms with E-state index in [1.54, 1.807) is 17.8 Å². The standard InChI is InChI=1S/C22H18OS/c23-17-10-18-24-22(19-11-4-1-5-12-19,20-13-6-2-7-14-20)21-15-8-3-9-16-21/h1-18H/b18-10-. The fourth-order valence-electron chi connectivity index (χ4n) is 2.90. The van der Waals surface area contributed by atoms with Gasteiger partial charge < -0.3 is 0 Å². The van der Waals surface area contributed by atoms with Crippen molar-refractivity contribution in [2.24, 2.45) is 0 Å². The van der Waals surface area contributed by atoms with Gasteiger partial charge in [-0.1, -0.05) is 91.0 Å². The van der Waals surface area contributed by atoms with Gasteiger partial charge in [0.05, 0.1) is 4.75 Å². The Bertz CT molecular complexity index is 698. The number of carbonyl (C=O) groups is 1. The second kappa shape index (κ2) is 7.80. The molecule has 0 saturated carbocycles. The number of hydrogen-bond acceptors (Lipinski definition) is 2. The molecule has 0 aliphatic carbocycles. The second-order valence-corrected chi connectivity index (χ2v) is 6.48. The van der Waals surface area contributed by atoms with Gasteiger partial charge in [0.15, 0.2) is 0 Å². The van der Waals surface area contributed by atoms with E-state index in [1.807, 2.05) is 23.6 Å². The van der Waals surface area contributed by atoms with Crippen molar-refractivity contribution in [2.75, 3.05) is 0 Å². The van der Waals surface area contributed by atoms with E-state index in [9.17, 15) is 4.79 Å². The molecule has 0 aliphatic heterocycles. The Hall–Kier alpha value is -2.58. The second-order valence-electron chi connectivity index (χ2n) is 5.36. The highest BCUT2D eigenvalue weighted by Crippen LogP contribution is 2.48. The summed E-state index contributed by atoms with van der Waals surface area (Å²) in [6.45, 7) is 0. The first kappa shape index (κ1) is 16.3. The van der Waals surface area contributed by atoms with Gasteiger partial charge in [0.1, 0.15) is 6.29 Å². The maximum absolute atomic E-state index is 10.8. The van der Waals surface area contributed by atoms with Gasteiger partial charge in [0.25, 0.3) is 0 Å². The van der Waals surface area contributed by atoms with Gasteiger partial charge in [-0.2, -0.15) is 0 Å². The van der Waals surface area contributed by atoms with Crippen LogP contribution < -0.4 is 0 Å². The van der Waals surface area contributed by atoms with Gasteiger partial charge in [-0.25, -0.2) is 0 Å². The predicted molar refractivity (Wildman–Crippen MR) is 102 cm³/mol. The van der Waals surface area contributed by atoms with Crippen molar-refractivity contribution < 1.29 is 4.79 Å². The summed E-state index contributed by atoms with van der Waals surface area (Å²) in [7, 11) is 0. The molecule has 2 heteroatoms. The van der Waals surface area contributed by atoms with Crippen LogP contribution in [0.1, 0.15) is 16.7 Å². The van der Waals surface area contributed by atoms with Crippen LogP contribution in [0.25, 0.3) is 0 Å². The number of aldehydes is 1. The third-order valence-electron chi connectivity index (χ3n) is 3.94. The number of rotatable bonds is 6. The van der Waals surface area contributed by atoms with E-state index in [0.717, 1.165) is 6.29 Å². The lowest BCUT2D eigenvalue weighted by Gasteiger charge is -2.34. The molecule has 0 atom stereocenters. The summed E-state index contributed by atoms with van der Waals surface area (Å²) in [6.07, 6.45) is 2.37.